The van der Waals surface area contributed by atoms with Gasteiger partial charge in [0.15, 0.2) is 0 Å². The van der Waals surface area contributed by atoms with Gasteiger partial charge in [0.25, 0.3) is 0 Å². The van der Waals surface area contributed by atoms with Crippen molar-refractivity contribution in [2.75, 3.05) is 13.2 Å². The minimum atomic E-state index is -9.97. The molecule has 0 aromatic heterocycles. The summed E-state index contributed by atoms with van der Waals surface area (Å²) in [5.74, 6) is -191. The van der Waals surface area contributed by atoms with Crippen LogP contribution in [-0.4, -0.2) is 156 Å². The van der Waals surface area contributed by atoms with Crippen molar-refractivity contribution < 1.29 is 229 Å². The lowest BCUT2D eigenvalue weighted by Gasteiger charge is -2.45. The average molecular weight is 1350 g/mol. The van der Waals surface area contributed by atoms with Gasteiger partial charge in [-0.15, -0.1) is 0 Å². The second-order valence-electron chi connectivity index (χ2n) is 15.6. The second-order valence-corrected chi connectivity index (χ2v) is 15.6. The van der Waals surface area contributed by atoms with Crippen molar-refractivity contribution in [3.05, 3.63) is 0 Å². The van der Waals surface area contributed by atoms with Gasteiger partial charge in [-0.3, -0.25) is 0 Å². The quantitative estimate of drug-likeness (QED) is 0.0549. The molecular formula is C30H12F50O2. The van der Waals surface area contributed by atoms with E-state index in [2.05, 4.69) is 9.47 Å². The Balaban J connectivity index is 6.52. The van der Waals surface area contributed by atoms with Crippen molar-refractivity contribution in [2.45, 2.75) is 169 Å². The number of hydrogen-bond donors (Lipinski definition) is 0. The normalized spacial score (nSPS) is 17.0. The van der Waals surface area contributed by atoms with Crippen LogP contribution in [0.15, 0.2) is 0 Å². The molecule has 0 amide bonds. The van der Waals surface area contributed by atoms with E-state index < -0.39 is 182 Å². The van der Waals surface area contributed by atoms with Gasteiger partial charge in [-0.05, 0) is 12.8 Å². The van der Waals surface area contributed by atoms with Crippen LogP contribution in [0.25, 0.3) is 0 Å². The molecule has 0 aliphatic heterocycles. The number of ether oxygens (including phenoxy) is 2. The van der Waals surface area contributed by atoms with Crippen molar-refractivity contribution in [3.8, 4) is 0 Å². The smallest absolute Gasteiger partial charge is 0.316 e. The van der Waals surface area contributed by atoms with Crippen molar-refractivity contribution >= 4 is 0 Å². The van der Waals surface area contributed by atoms with E-state index in [4.69, 9.17) is 0 Å². The van der Waals surface area contributed by atoms with E-state index in [0.29, 0.717) is 0 Å². The number of halogens is 50. The molecule has 0 heterocycles. The van der Waals surface area contributed by atoms with E-state index in [9.17, 15) is 220 Å². The first-order valence-corrected chi connectivity index (χ1v) is 18.4. The van der Waals surface area contributed by atoms with Gasteiger partial charge in [0.05, 0.1) is 13.2 Å². The zero-order valence-corrected chi connectivity index (χ0v) is 36.0. The Labute approximate surface area is 412 Å². The molecule has 0 aliphatic carbocycles. The van der Waals surface area contributed by atoms with Crippen LogP contribution in [0.1, 0.15) is 25.7 Å². The largest absolute Gasteiger partial charge is 0.460 e. The SMILES string of the molecule is FC(F)(F)C(F)(F)C(F)(F)C(F)(F)C(F)(F)C(F)(F)C(F)(F)C(F)(F)C(F)(F)C(F)(F)C(F)(F)C(F)(F)OCCCCCCOC(F)(F)C(F)(F)C(F)(F)C(F)(F)C(F)(F)C(F)(F)C(F)(F)C(F)(F)C(F)(F)C(F)(F)C(F)(F)C(F)(F)F. The second kappa shape index (κ2) is 20.5. The lowest BCUT2D eigenvalue weighted by atomic mass is 9.85. The van der Waals surface area contributed by atoms with Gasteiger partial charge in [0.1, 0.15) is 0 Å². The van der Waals surface area contributed by atoms with Crippen LogP contribution in [0.5, 0.6) is 0 Å². The van der Waals surface area contributed by atoms with E-state index in [1.54, 1.807) is 0 Å². The molecule has 52 heteroatoms. The van der Waals surface area contributed by atoms with Crippen molar-refractivity contribution in [1.29, 1.82) is 0 Å². The maximum absolute atomic E-state index is 14.0. The average Bonchev–Trinajstić information content (AvgIpc) is 3.24. The van der Waals surface area contributed by atoms with Crippen LogP contribution in [0.2, 0.25) is 0 Å². The molecule has 0 N–H and O–H groups in total. The lowest BCUT2D eigenvalue weighted by molar-refractivity contribution is -0.489. The summed E-state index contributed by atoms with van der Waals surface area (Å²) >= 11 is 0. The van der Waals surface area contributed by atoms with Gasteiger partial charge < -0.3 is 9.47 Å². The van der Waals surface area contributed by atoms with Gasteiger partial charge in [-0.2, -0.15) is 220 Å². The Morgan fingerprint density at radius 1 is 0.134 bits per heavy atom. The third-order valence-electron chi connectivity index (χ3n) is 10.1. The summed E-state index contributed by atoms with van der Waals surface area (Å²) in [4.78, 5) is 0. The highest BCUT2D eigenvalue weighted by atomic mass is 19.5. The Kier molecular flexibility index (Phi) is 19.6. The molecule has 0 unspecified atom stereocenters. The fraction of sp³-hybridized carbons (Fsp3) is 1.00. The molecule has 0 aliphatic rings. The predicted molar refractivity (Wildman–Crippen MR) is 151 cm³/mol. The van der Waals surface area contributed by atoms with Gasteiger partial charge in [0, 0.05) is 0 Å². The summed E-state index contributed by atoms with van der Waals surface area (Å²) in [6, 6.07) is 0. The third kappa shape index (κ3) is 10.1. The molecule has 0 aromatic rings. The Bertz CT molecular complexity index is 2030. The van der Waals surface area contributed by atoms with Crippen LogP contribution in [-0.2, 0) is 9.47 Å². The number of hydrogen-bond acceptors (Lipinski definition) is 2. The van der Waals surface area contributed by atoms with Crippen LogP contribution in [0.3, 0.4) is 0 Å². The zero-order chi connectivity index (χ0) is 67.7. The van der Waals surface area contributed by atoms with Crippen LogP contribution in [0.4, 0.5) is 220 Å². The Morgan fingerprint density at radius 3 is 0.366 bits per heavy atom. The Morgan fingerprint density at radius 2 is 0.244 bits per heavy atom. The molecule has 0 aromatic carbocycles. The van der Waals surface area contributed by atoms with Gasteiger partial charge in [0.2, 0.25) is 0 Å². The minimum Gasteiger partial charge on any atom is -0.316 e. The maximum atomic E-state index is 14.0. The summed E-state index contributed by atoms with van der Waals surface area (Å²) in [5.41, 5.74) is 0. The fourth-order valence-corrected chi connectivity index (χ4v) is 5.02. The van der Waals surface area contributed by atoms with Crippen molar-refractivity contribution in [3.63, 3.8) is 0 Å². The third-order valence-corrected chi connectivity index (χ3v) is 10.1. The summed E-state index contributed by atoms with van der Waals surface area (Å²) in [6.07, 6.45) is -39.5. The molecule has 0 atom stereocenters. The fourth-order valence-electron chi connectivity index (χ4n) is 5.02. The molecular weight excluding hydrogens is 1340 g/mol. The molecule has 0 saturated heterocycles. The topological polar surface area (TPSA) is 18.5 Å². The zero-order valence-electron chi connectivity index (χ0n) is 36.0. The number of rotatable bonds is 29. The molecule has 0 radical (unpaired) electrons. The highest BCUT2D eigenvalue weighted by Crippen LogP contribution is 2.70. The van der Waals surface area contributed by atoms with E-state index in [1.807, 2.05) is 0 Å². The van der Waals surface area contributed by atoms with Crippen molar-refractivity contribution in [2.24, 2.45) is 0 Å². The molecule has 0 fully saturated rings. The lowest BCUT2D eigenvalue weighted by Crippen LogP contribution is -2.78. The molecule has 0 spiro atoms. The molecule has 2 nitrogen and oxygen atoms in total. The Hall–Kier alpha value is -3.58. The standard InChI is InChI=1S/C30H12F50O2/c31-7(32,11(39,40)15(47,48)19(55,56)23(63,64)27(71,72)73)9(35,36)13(43,44)17(51,52)21(59,60)25(67,68)29(77,78)81-5-3-1-2-4-6-82-30(79,80)26(69,70)22(61,62)18(53,54)14(45,46)10(37,38)8(33,34)12(41,42)16(49,50)20(57,58)24(65,66)28(74,75)76/h1-6H2. The minimum absolute atomic E-state index is 1.58. The van der Waals surface area contributed by atoms with E-state index in [1.165, 1.54) is 0 Å². The van der Waals surface area contributed by atoms with E-state index >= 15 is 0 Å². The highest BCUT2D eigenvalue weighted by molar-refractivity contribution is 5.21. The van der Waals surface area contributed by atoms with Crippen LogP contribution >= 0.6 is 0 Å². The number of unbranched alkanes of at least 4 members (excludes halogenated alkanes) is 3. The summed E-state index contributed by atoms with van der Waals surface area (Å²) in [5, 5.41) is 0. The van der Waals surface area contributed by atoms with Gasteiger partial charge in [-0.25, -0.2) is 0 Å². The monoisotopic (exact) mass is 1350 g/mol. The molecule has 0 bridgehead atoms. The van der Waals surface area contributed by atoms with Gasteiger partial charge in [-0.1, -0.05) is 12.8 Å². The molecule has 0 saturated carbocycles. The molecule has 0 rings (SSSR count). The maximum Gasteiger partial charge on any atom is 0.460 e. The van der Waals surface area contributed by atoms with Crippen LogP contribution < -0.4 is 0 Å². The first kappa shape index (κ1) is 78.4. The first-order valence-electron chi connectivity index (χ1n) is 18.4. The number of alkyl halides is 50. The molecule has 494 valence electrons. The predicted octanol–water partition coefficient (Wildman–Crippen LogP) is 17.6. The van der Waals surface area contributed by atoms with Gasteiger partial charge >= 0.3 is 143 Å². The van der Waals surface area contributed by atoms with Crippen molar-refractivity contribution in [1.82, 2.24) is 0 Å². The summed E-state index contributed by atoms with van der Waals surface area (Å²) in [7, 11) is 0. The summed E-state index contributed by atoms with van der Waals surface area (Å²) < 4.78 is 682. The summed E-state index contributed by atoms with van der Waals surface area (Å²) in [6.45, 7) is -5.46. The molecule has 82 heavy (non-hydrogen) atoms. The van der Waals surface area contributed by atoms with E-state index in [0.717, 1.165) is 0 Å². The first-order chi connectivity index (χ1) is 34.7. The van der Waals surface area contributed by atoms with E-state index in [-0.39, 0.29) is 0 Å². The highest BCUT2D eigenvalue weighted by Gasteiger charge is 3.02. The van der Waals surface area contributed by atoms with Crippen LogP contribution in [0, 0.1) is 0 Å².